The highest BCUT2D eigenvalue weighted by Gasteiger charge is 2.19. The molecule has 2 aromatic heterocycles. The first-order valence-electron chi connectivity index (χ1n) is 8.13. The van der Waals surface area contributed by atoms with Crippen LogP contribution < -0.4 is 4.74 Å². The first-order valence-corrected chi connectivity index (χ1v) is 8.13. The van der Waals surface area contributed by atoms with Crippen LogP contribution >= 0.6 is 0 Å². The van der Waals surface area contributed by atoms with E-state index in [-0.39, 0.29) is 11.9 Å². The molecule has 1 aromatic carbocycles. The van der Waals surface area contributed by atoms with Gasteiger partial charge >= 0.3 is 5.97 Å². The van der Waals surface area contributed by atoms with Crippen LogP contribution in [-0.4, -0.2) is 35.0 Å². The second kappa shape index (κ2) is 7.34. The standard InChI is InChI=1S/C19H21N3O3/c1-13(19(23)25-3)11-17-16-5-4-10-20-18(16)22(21-17)12-14-6-8-15(24-2)9-7-14/h4-10,13H,11-12H2,1-3H3. The molecule has 0 fully saturated rings. The number of methoxy groups -OCH3 is 2. The Morgan fingerprint density at radius 3 is 2.64 bits per heavy atom. The molecule has 25 heavy (non-hydrogen) atoms. The molecule has 0 amide bonds. The van der Waals surface area contributed by atoms with Crippen molar-refractivity contribution < 1.29 is 14.3 Å². The first kappa shape index (κ1) is 17.0. The Hall–Kier alpha value is -2.89. The van der Waals surface area contributed by atoms with Gasteiger partial charge in [0.05, 0.1) is 32.4 Å². The molecule has 1 atom stereocenters. The maximum absolute atomic E-state index is 11.7. The quantitative estimate of drug-likeness (QED) is 0.646. The van der Waals surface area contributed by atoms with E-state index in [2.05, 4.69) is 4.98 Å². The van der Waals surface area contributed by atoms with Crippen molar-refractivity contribution in [2.24, 2.45) is 5.92 Å². The Balaban J connectivity index is 1.91. The van der Waals surface area contributed by atoms with Gasteiger partial charge in [0.15, 0.2) is 5.65 Å². The number of aromatic nitrogens is 3. The highest BCUT2D eigenvalue weighted by molar-refractivity contribution is 5.79. The zero-order valence-corrected chi connectivity index (χ0v) is 14.6. The van der Waals surface area contributed by atoms with E-state index in [9.17, 15) is 4.79 Å². The molecule has 0 aliphatic heterocycles. The Morgan fingerprint density at radius 2 is 1.96 bits per heavy atom. The molecule has 6 nitrogen and oxygen atoms in total. The van der Waals surface area contributed by atoms with E-state index in [0.717, 1.165) is 28.0 Å². The van der Waals surface area contributed by atoms with Crippen LogP contribution in [0.4, 0.5) is 0 Å². The SMILES string of the molecule is COC(=O)C(C)Cc1nn(Cc2ccc(OC)cc2)c2ncccc12. The molecule has 0 radical (unpaired) electrons. The summed E-state index contributed by atoms with van der Waals surface area (Å²) >= 11 is 0. The number of hydrogen-bond acceptors (Lipinski definition) is 5. The van der Waals surface area contributed by atoms with E-state index in [1.165, 1.54) is 7.11 Å². The molecule has 0 aliphatic rings. The Labute approximate surface area is 146 Å². The van der Waals surface area contributed by atoms with E-state index in [1.54, 1.807) is 13.3 Å². The van der Waals surface area contributed by atoms with Crippen LogP contribution in [0.2, 0.25) is 0 Å². The molecular formula is C19H21N3O3. The maximum atomic E-state index is 11.7. The maximum Gasteiger partial charge on any atom is 0.308 e. The van der Waals surface area contributed by atoms with Crippen molar-refractivity contribution in [3.8, 4) is 5.75 Å². The minimum Gasteiger partial charge on any atom is -0.497 e. The third kappa shape index (κ3) is 3.63. The van der Waals surface area contributed by atoms with Crippen molar-refractivity contribution >= 4 is 17.0 Å². The van der Waals surface area contributed by atoms with E-state index in [0.29, 0.717) is 13.0 Å². The monoisotopic (exact) mass is 339 g/mol. The van der Waals surface area contributed by atoms with Crippen molar-refractivity contribution in [3.63, 3.8) is 0 Å². The van der Waals surface area contributed by atoms with Crippen molar-refractivity contribution in [2.75, 3.05) is 14.2 Å². The van der Waals surface area contributed by atoms with Gasteiger partial charge in [0.25, 0.3) is 0 Å². The first-order chi connectivity index (χ1) is 12.1. The van der Waals surface area contributed by atoms with Crippen LogP contribution in [0, 0.1) is 5.92 Å². The zero-order chi connectivity index (χ0) is 17.8. The Kier molecular flexibility index (Phi) is 4.97. The van der Waals surface area contributed by atoms with Crippen molar-refractivity contribution in [3.05, 3.63) is 53.9 Å². The van der Waals surface area contributed by atoms with Gasteiger partial charge in [-0.25, -0.2) is 9.67 Å². The van der Waals surface area contributed by atoms with Crippen LogP contribution in [0.25, 0.3) is 11.0 Å². The van der Waals surface area contributed by atoms with E-state index < -0.39 is 0 Å². The van der Waals surface area contributed by atoms with Crippen LogP contribution in [0.1, 0.15) is 18.2 Å². The number of benzene rings is 1. The fourth-order valence-corrected chi connectivity index (χ4v) is 2.81. The van der Waals surface area contributed by atoms with Gasteiger partial charge in [0, 0.05) is 18.0 Å². The van der Waals surface area contributed by atoms with Gasteiger partial charge in [-0.3, -0.25) is 4.79 Å². The summed E-state index contributed by atoms with van der Waals surface area (Å²) in [5.41, 5.74) is 2.77. The number of rotatable bonds is 6. The molecule has 1 unspecified atom stereocenters. The summed E-state index contributed by atoms with van der Waals surface area (Å²) in [4.78, 5) is 16.2. The second-order valence-corrected chi connectivity index (χ2v) is 5.96. The number of esters is 1. The molecule has 0 bridgehead atoms. The summed E-state index contributed by atoms with van der Waals surface area (Å²) in [6.45, 7) is 2.45. The van der Waals surface area contributed by atoms with E-state index in [4.69, 9.17) is 14.6 Å². The summed E-state index contributed by atoms with van der Waals surface area (Å²) in [5.74, 6) is 0.333. The van der Waals surface area contributed by atoms with Gasteiger partial charge in [-0.05, 0) is 29.8 Å². The van der Waals surface area contributed by atoms with E-state index >= 15 is 0 Å². The third-order valence-electron chi connectivity index (χ3n) is 4.18. The van der Waals surface area contributed by atoms with Gasteiger partial charge in [0.1, 0.15) is 5.75 Å². The molecule has 130 valence electrons. The summed E-state index contributed by atoms with van der Waals surface area (Å²) in [6.07, 6.45) is 2.27. The van der Waals surface area contributed by atoms with Crippen LogP contribution in [0.15, 0.2) is 42.6 Å². The Morgan fingerprint density at radius 1 is 1.20 bits per heavy atom. The normalized spacial score (nSPS) is 12.1. The van der Waals surface area contributed by atoms with Gasteiger partial charge in [0.2, 0.25) is 0 Å². The largest absolute Gasteiger partial charge is 0.497 e. The summed E-state index contributed by atoms with van der Waals surface area (Å²) in [5, 5.41) is 5.66. The zero-order valence-electron chi connectivity index (χ0n) is 14.6. The fraction of sp³-hybridized carbons (Fsp3) is 0.316. The number of fused-ring (bicyclic) bond motifs is 1. The van der Waals surface area contributed by atoms with Crippen molar-refractivity contribution in [2.45, 2.75) is 19.9 Å². The van der Waals surface area contributed by atoms with Gasteiger partial charge in [-0.1, -0.05) is 19.1 Å². The summed E-state index contributed by atoms with van der Waals surface area (Å²) in [6, 6.07) is 11.7. The van der Waals surface area contributed by atoms with Gasteiger partial charge in [-0.15, -0.1) is 0 Å². The number of nitrogens with zero attached hydrogens (tertiary/aromatic N) is 3. The molecule has 0 aliphatic carbocycles. The smallest absolute Gasteiger partial charge is 0.308 e. The minimum absolute atomic E-state index is 0.234. The molecule has 2 heterocycles. The lowest BCUT2D eigenvalue weighted by molar-refractivity contribution is -0.144. The Bertz CT molecular complexity index is 871. The van der Waals surface area contributed by atoms with Gasteiger partial charge < -0.3 is 9.47 Å². The topological polar surface area (TPSA) is 66.2 Å². The van der Waals surface area contributed by atoms with Gasteiger partial charge in [-0.2, -0.15) is 5.10 Å². The number of carbonyl (C=O) groups excluding carboxylic acids is 1. The predicted molar refractivity (Wildman–Crippen MR) is 94.5 cm³/mol. The molecule has 0 saturated heterocycles. The number of ether oxygens (including phenoxy) is 2. The van der Waals surface area contributed by atoms with Crippen LogP contribution in [0.5, 0.6) is 5.75 Å². The molecule has 0 spiro atoms. The van der Waals surface area contributed by atoms with Crippen LogP contribution in [-0.2, 0) is 22.5 Å². The molecule has 0 N–H and O–H groups in total. The van der Waals surface area contributed by atoms with E-state index in [1.807, 2.05) is 48.0 Å². The molecule has 3 aromatic rings. The lowest BCUT2D eigenvalue weighted by Crippen LogP contribution is -2.15. The molecular weight excluding hydrogens is 318 g/mol. The molecule has 3 rings (SSSR count). The third-order valence-corrected chi connectivity index (χ3v) is 4.18. The van der Waals surface area contributed by atoms with Crippen LogP contribution in [0.3, 0.4) is 0 Å². The van der Waals surface area contributed by atoms with Crippen molar-refractivity contribution in [1.82, 2.24) is 14.8 Å². The fourth-order valence-electron chi connectivity index (χ4n) is 2.81. The lowest BCUT2D eigenvalue weighted by atomic mass is 10.0. The second-order valence-electron chi connectivity index (χ2n) is 5.96. The summed E-state index contributed by atoms with van der Waals surface area (Å²) < 4.78 is 11.9. The number of hydrogen-bond donors (Lipinski definition) is 0. The summed E-state index contributed by atoms with van der Waals surface area (Å²) in [7, 11) is 3.05. The predicted octanol–water partition coefficient (Wildman–Crippen LogP) is 2.84. The number of pyridine rings is 1. The molecule has 6 heteroatoms. The van der Waals surface area contributed by atoms with Crippen molar-refractivity contribution in [1.29, 1.82) is 0 Å². The number of carbonyl (C=O) groups is 1. The average Bonchev–Trinajstić information content (AvgIpc) is 2.99. The highest BCUT2D eigenvalue weighted by atomic mass is 16.5. The average molecular weight is 339 g/mol. The lowest BCUT2D eigenvalue weighted by Gasteiger charge is -2.07. The minimum atomic E-state index is -0.252. The molecule has 0 saturated carbocycles. The highest BCUT2D eigenvalue weighted by Crippen LogP contribution is 2.21.